The van der Waals surface area contributed by atoms with Crippen LogP contribution in [0.1, 0.15) is 15.9 Å². The second-order valence-electron chi connectivity index (χ2n) is 9.75. The van der Waals surface area contributed by atoms with Gasteiger partial charge in [0.05, 0.1) is 10.6 Å². The number of amides is 1. The van der Waals surface area contributed by atoms with Crippen LogP contribution in [0.5, 0.6) is 0 Å². The van der Waals surface area contributed by atoms with Crippen molar-refractivity contribution < 1.29 is 13.2 Å². The summed E-state index contributed by atoms with van der Waals surface area (Å²) in [5.74, 6) is -0.186. The molecule has 9 nitrogen and oxygen atoms in total. The van der Waals surface area contributed by atoms with Crippen LogP contribution in [-0.4, -0.2) is 54.8 Å². The van der Waals surface area contributed by atoms with Crippen LogP contribution < -0.4 is 16.0 Å². The Hall–Kier alpha value is -4.16. The summed E-state index contributed by atoms with van der Waals surface area (Å²) in [4.78, 5) is 23.3. The third-order valence-corrected chi connectivity index (χ3v) is 9.56. The van der Waals surface area contributed by atoms with Gasteiger partial charge in [-0.2, -0.15) is 4.31 Å². The molecule has 208 valence electrons. The molecule has 1 aliphatic heterocycles. The minimum atomic E-state index is -3.51. The summed E-state index contributed by atoms with van der Waals surface area (Å²) in [7, 11) is -3.51. The molecule has 0 unspecified atom stereocenters. The Balaban J connectivity index is 1.17. The number of rotatable bonds is 7. The number of piperazine rings is 1. The van der Waals surface area contributed by atoms with Gasteiger partial charge in [-0.05, 0) is 73.2 Å². The van der Waals surface area contributed by atoms with E-state index in [1.165, 1.54) is 15.6 Å². The van der Waals surface area contributed by atoms with E-state index < -0.39 is 10.0 Å². The van der Waals surface area contributed by atoms with E-state index in [4.69, 9.17) is 4.98 Å². The molecule has 0 saturated carbocycles. The van der Waals surface area contributed by atoms with E-state index in [1.54, 1.807) is 30.3 Å². The number of hydrogen-bond donors (Lipinski definition) is 3. The lowest BCUT2D eigenvalue weighted by molar-refractivity contribution is 0.102. The van der Waals surface area contributed by atoms with E-state index in [9.17, 15) is 13.2 Å². The van der Waals surface area contributed by atoms with E-state index in [2.05, 4.69) is 20.9 Å². The quantitative estimate of drug-likeness (QED) is 0.239. The summed E-state index contributed by atoms with van der Waals surface area (Å²) in [5.41, 5.74) is 5.40. The molecule has 0 radical (unpaired) electrons. The fourth-order valence-electron chi connectivity index (χ4n) is 4.64. The standard InChI is InChI=1S/C30H28N6O3S2/c1-20-4-2-7-24(18-20)32-28(37)22-6-3-5-21(19-22)26-12-13-27-29(34-26)40-30(35-27)33-23-8-10-25(11-9-23)41(38,39)36-16-14-31-15-17-36/h2-13,18-19,31H,14-17H2,1H3,(H,32,37)(H,33,35). The highest BCUT2D eigenvalue weighted by Crippen LogP contribution is 2.30. The van der Waals surface area contributed by atoms with Crippen molar-refractivity contribution in [2.45, 2.75) is 11.8 Å². The van der Waals surface area contributed by atoms with Crippen molar-refractivity contribution in [3.05, 3.63) is 96.1 Å². The number of pyridine rings is 1. The zero-order valence-corrected chi connectivity index (χ0v) is 23.9. The third kappa shape index (κ3) is 5.98. The van der Waals surface area contributed by atoms with Gasteiger partial charge in [0.2, 0.25) is 10.0 Å². The highest BCUT2D eigenvalue weighted by molar-refractivity contribution is 7.89. The number of nitrogens with zero attached hydrogens (tertiary/aromatic N) is 3. The summed E-state index contributed by atoms with van der Waals surface area (Å²) in [5, 5.41) is 10.0. The molecule has 3 heterocycles. The zero-order valence-electron chi connectivity index (χ0n) is 22.3. The van der Waals surface area contributed by atoms with Crippen molar-refractivity contribution in [3.8, 4) is 11.3 Å². The zero-order chi connectivity index (χ0) is 28.4. The van der Waals surface area contributed by atoms with Gasteiger partial charge in [-0.25, -0.2) is 18.4 Å². The van der Waals surface area contributed by atoms with Crippen LogP contribution in [0.2, 0.25) is 0 Å². The average Bonchev–Trinajstić information content (AvgIpc) is 3.39. The van der Waals surface area contributed by atoms with Crippen LogP contribution in [0.3, 0.4) is 0 Å². The summed E-state index contributed by atoms with van der Waals surface area (Å²) in [6.45, 7) is 4.22. The number of fused-ring (bicyclic) bond motifs is 1. The van der Waals surface area contributed by atoms with E-state index in [1.807, 2.05) is 61.5 Å². The van der Waals surface area contributed by atoms with Crippen LogP contribution in [0, 0.1) is 6.92 Å². The number of carbonyl (C=O) groups excluding carboxylic acids is 1. The Morgan fingerprint density at radius 3 is 2.46 bits per heavy atom. The maximum atomic E-state index is 12.9. The lowest BCUT2D eigenvalue weighted by Crippen LogP contribution is -2.46. The first-order valence-electron chi connectivity index (χ1n) is 13.2. The number of hydrogen-bond acceptors (Lipinski definition) is 8. The largest absolute Gasteiger partial charge is 0.331 e. The lowest BCUT2D eigenvalue weighted by Gasteiger charge is -2.26. The first-order chi connectivity index (χ1) is 19.8. The maximum absolute atomic E-state index is 12.9. The topological polar surface area (TPSA) is 116 Å². The Labute approximate surface area is 242 Å². The number of carbonyl (C=O) groups is 1. The van der Waals surface area contributed by atoms with Gasteiger partial charge in [-0.3, -0.25) is 4.79 Å². The minimum absolute atomic E-state index is 0.186. The van der Waals surface area contributed by atoms with Crippen LogP contribution in [-0.2, 0) is 10.0 Å². The van der Waals surface area contributed by atoms with Crippen molar-refractivity contribution >= 4 is 54.1 Å². The van der Waals surface area contributed by atoms with Crippen molar-refractivity contribution in [2.24, 2.45) is 0 Å². The molecule has 1 amide bonds. The SMILES string of the molecule is Cc1cccc(NC(=O)c2cccc(-c3ccc4nc(Nc5ccc(S(=O)(=O)N6CCNCC6)cc5)sc4n3)c2)c1. The normalized spacial score (nSPS) is 14.2. The number of nitrogens with one attached hydrogen (secondary N) is 3. The molecule has 3 aromatic carbocycles. The molecule has 0 bridgehead atoms. The Morgan fingerprint density at radius 1 is 0.902 bits per heavy atom. The van der Waals surface area contributed by atoms with Crippen LogP contribution in [0.25, 0.3) is 21.6 Å². The first kappa shape index (κ1) is 27.0. The van der Waals surface area contributed by atoms with Crippen LogP contribution >= 0.6 is 11.3 Å². The molecule has 11 heteroatoms. The molecular weight excluding hydrogens is 557 g/mol. The fourth-order valence-corrected chi connectivity index (χ4v) is 6.94. The van der Waals surface area contributed by atoms with E-state index in [0.717, 1.165) is 38.5 Å². The van der Waals surface area contributed by atoms with Gasteiger partial charge in [-0.1, -0.05) is 35.6 Å². The molecular formula is C30H28N6O3S2. The summed E-state index contributed by atoms with van der Waals surface area (Å²) in [6, 6.07) is 25.6. The third-order valence-electron chi connectivity index (χ3n) is 6.77. The predicted molar refractivity (Wildman–Crippen MR) is 163 cm³/mol. The summed E-state index contributed by atoms with van der Waals surface area (Å²) in [6.07, 6.45) is 0. The van der Waals surface area contributed by atoms with Crippen molar-refractivity contribution in [1.82, 2.24) is 19.6 Å². The summed E-state index contributed by atoms with van der Waals surface area (Å²) < 4.78 is 27.3. The second-order valence-corrected chi connectivity index (χ2v) is 12.7. The van der Waals surface area contributed by atoms with Gasteiger partial charge in [0.1, 0.15) is 10.3 Å². The monoisotopic (exact) mass is 584 g/mol. The van der Waals surface area contributed by atoms with Gasteiger partial charge < -0.3 is 16.0 Å². The fraction of sp³-hybridized carbons (Fsp3) is 0.167. The second kappa shape index (κ2) is 11.4. The lowest BCUT2D eigenvalue weighted by atomic mass is 10.1. The van der Waals surface area contributed by atoms with Gasteiger partial charge in [-0.15, -0.1) is 0 Å². The molecule has 0 atom stereocenters. The van der Waals surface area contributed by atoms with E-state index in [0.29, 0.717) is 36.9 Å². The van der Waals surface area contributed by atoms with Crippen molar-refractivity contribution in [3.63, 3.8) is 0 Å². The van der Waals surface area contributed by atoms with Gasteiger partial charge in [0.15, 0.2) is 5.13 Å². The molecule has 41 heavy (non-hydrogen) atoms. The Bertz CT molecular complexity index is 1830. The van der Waals surface area contributed by atoms with Gasteiger partial charge in [0.25, 0.3) is 5.91 Å². The average molecular weight is 585 g/mol. The smallest absolute Gasteiger partial charge is 0.255 e. The van der Waals surface area contributed by atoms with Crippen LogP contribution in [0.15, 0.2) is 89.8 Å². The van der Waals surface area contributed by atoms with Gasteiger partial charge in [0, 0.05) is 48.7 Å². The number of benzene rings is 3. The molecule has 2 aromatic heterocycles. The number of sulfonamides is 1. The minimum Gasteiger partial charge on any atom is -0.331 e. The number of thiazole rings is 1. The van der Waals surface area contributed by atoms with Gasteiger partial charge >= 0.3 is 0 Å². The first-order valence-corrected chi connectivity index (χ1v) is 15.4. The molecule has 0 aliphatic carbocycles. The van der Waals surface area contributed by atoms with Crippen molar-refractivity contribution in [2.75, 3.05) is 36.8 Å². The number of anilines is 3. The van der Waals surface area contributed by atoms with E-state index >= 15 is 0 Å². The number of aryl methyl sites for hydroxylation is 1. The molecule has 6 rings (SSSR count). The molecule has 5 aromatic rings. The molecule has 0 spiro atoms. The van der Waals surface area contributed by atoms with E-state index in [-0.39, 0.29) is 10.8 Å². The molecule has 1 aliphatic rings. The summed E-state index contributed by atoms with van der Waals surface area (Å²) >= 11 is 1.40. The maximum Gasteiger partial charge on any atom is 0.255 e. The highest BCUT2D eigenvalue weighted by atomic mass is 32.2. The van der Waals surface area contributed by atoms with Crippen molar-refractivity contribution in [1.29, 1.82) is 0 Å². The molecule has 1 saturated heterocycles. The Morgan fingerprint density at radius 2 is 1.68 bits per heavy atom. The Kier molecular flexibility index (Phi) is 7.50. The molecule has 3 N–H and O–H groups in total. The number of aromatic nitrogens is 2. The predicted octanol–water partition coefficient (Wildman–Crippen LogP) is 5.26. The molecule has 1 fully saturated rings. The van der Waals surface area contributed by atoms with Crippen LogP contribution in [0.4, 0.5) is 16.5 Å². The highest BCUT2D eigenvalue weighted by Gasteiger charge is 2.25.